The summed E-state index contributed by atoms with van der Waals surface area (Å²) in [5.74, 6) is 0.589. The lowest BCUT2D eigenvalue weighted by Crippen LogP contribution is -2.18. The maximum absolute atomic E-state index is 2.41. The molecule has 0 radical (unpaired) electrons. The SMILES string of the molecule is CC(C)c1cc(C(C)(C)C)ccc1C(C)(C)C. The third-order valence-corrected chi connectivity index (χ3v) is 3.35. The molecule has 0 heterocycles. The maximum Gasteiger partial charge on any atom is -0.0129 e. The summed E-state index contributed by atoms with van der Waals surface area (Å²) in [5, 5.41) is 0. The van der Waals surface area contributed by atoms with Gasteiger partial charge in [0.25, 0.3) is 0 Å². The quantitative estimate of drug-likeness (QED) is 0.607. The van der Waals surface area contributed by atoms with Crippen LogP contribution in [0.25, 0.3) is 0 Å². The first-order valence-electron chi connectivity index (χ1n) is 6.68. The zero-order valence-electron chi connectivity index (χ0n) is 12.8. The molecule has 0 unspecified atom stereocenters. The standard InChI is InChI=1S/C17H28/c1-12(2)14-11-13(16(3,4)5)9-10-15(14)17(6,7)8/h9-12H,1-8H3. The van der Waals surface area contributed by atoms with E-state index in [9.17, 15) is 0 Å². The predicted octanol–water partition coefficient (Wildman–Crippen LogP) is 5.41. The summed E-state index contributed by atoms with van der Waals surface area (Å²) in [4.78, 5) is 0. The van der Waals surface area contributed by atoms with Crippen molar-refractivity contribution in [2.45, 2.75) is 72.1 Å². The van der Waals surface area contributed by atoms with Gasteiger partial charge in [-0.15, -0.1) is 0 Å². The Kier molecular flexibility index (Phi) is 3.76. The molecule has 0 bridgehead atoms. The lowest BCUT2D eigenvalue weighted by molar-refractivity contribution is 0.565. The first kappa shape index (κ1) is 14.3. The molecule has 0 spiro atoms. The molecule has 17 heavy (non-hydrogen) atoms. The topological polar surface area (TPSA) is 0 Å². The molecule has 0 amide bonds. The van der Waals surface area contributed by atoms with E-state index < -0.39 is 0 Å². The highest BCUT2D eigenvalue weighted by molar-refractivity contribution is 5.40. The largest absolute Gasteiger partial charge is 0.0587 e. The molecule has 0 aliphatic carbocycles. The van der Waals surface area contributed by atoms with Gasteiger partial charge in [-0.05, 0) is 33.4 Å². The normalized spacial score (nSPS) is 13.2. The van der Waals surface area contributed by atoms with Crippen molar-refractivity contribution in [1.82, 2.24) is 0 Å². The van der Waals surface area contributed by atoms with Crippen LogP contribution < -0.4 is 0 Å². The Balaban J connectivity index is 3.38. The molecule has 0 heteroatoms. The van der Waals surface area contributed by atoms with E-state index in [0.29, 0.717) is 5.92 Å². The third kappa shape index (κ3) is 3.34. The molecule has 0 fully saturated rings. The van der Waals surface area contributed by atoms with E-state index in [4.69, 9.17) is 0 Å². The minimum atomic E-state index is 0.232. The molecule has 0 atom stereocenters. The van der Waals surface area contributed by atoms with Gasteiger partial charge < -0.3 is 0 Å². The number of hydrogen-bond acceptors (Lipinski definition) is 0. The number of benzene rings is 1. The smallest absolute Gasteiger partial charge is 0.0129 e. The molecule has 0 aliphatic heterocycles. The maximum atomic E-state index is 2.41. The number of hydrogen-bond donors (Lipinski definition) is 0. The van der Waals surface area contributed by atoms with Crippen molar-refractivity contribution in [2.24, 2.45) is 0 Å². The highest BCUT2D eigenvalue weighted by atomic mass is 14.3. The Bertz CT molecular complexity index is 383. The first-order chi connectivity index (χ1) is 7.53. The van der Waals surface area contributed by atoms with Crippen molar-refractivity contribution < 1.29 is 0 Å². The van der Waals surface area contributed by atoms with E-state index >= 15 is 0 Å². The van der Waals surface area contributed by atoms with Crippen molar-refractivity contribution in [1.29, 1.82) is 0 Å². The highest BCUT2D eigenvalue weighted by Gasteiger charge is 2.22. The monoisotopic (exact) mass is 232 g/mol. The zero-order chi connectivity index (χ0) is 13.4. The molecule has 0 aliphatic rings. The van der Waals surface area contributed by atoms with Crippen LogP contribution in [0, 0.1) is 0 Å². The highest BCUT2D eigenvalue weighted by Crippen LogP contribution is 2.34. The van der Waals surface area contributed by atoms with Gasteiger partial charge in [0.2, 0.25) is 0 Å². The summed E-state index contributed by atoms with van der Waals surface area (Å²) in [6.45, 7) is 18.3. The molecule has 1 aromatic rings. The summed E-state index contributed by atoms with van der Waals surface area (Å²) in [6, 6.07) is 7.04. The second-order valence-corrected chi connectivity index (χ2v) is 7.46. The molecule has 0 nitrogen and oxygen atoms in total. The number of rotatable bonds is 1. The Morgan fingerprint density at radius 1 is 0.824 bits per heavy atom. The zero-order valence-corrected chi connectivity index (χ0v) is 12.8. The van der Waals surface area contributed by atoms with Gasteiger partial charge in [0.15, 0.2) is 0 Å². The fraction of sp³-hybridized carbons (Fsp3) is 0.647. The summed E-state index contributed by atoms with van der Waals surface area (Å²) in [6.07, 6.45) is 0. The van der Waals surface area contributed by atoms with Gasteiger partial charge >= 0.3 is 0 Å². The van der Waals surface area contributed by atoms with Crippen molar-refractivity contribution >= 4 is 0 Å². The van der Waals surface area contributed by atoms with E-state index in [1.54, 1.807) is 0 Å². The van der Waals surface area contributed by atoms with Crippen LogP contribution in [0.5, 0.6) is 0 Å². The summed E-state index contributed by atoms with van der Waals surface area (Å²) < 4.78 is 0. The minimum absolute atomic E-state index is 0.232. The lowest BCUT2D eigenvalue weighted by Gasteiger charge is -2.28. The summed E-state index contributed by atoms with van der Waals surface area (Å²) >= 11 is 0. The molecule has 1 rings (SSSR count). The van der Waals surface area contributed by atoms with Gasteiger partial charge in [0.1, 0.15) is 0 Å². The molecular formula is C17H28. The van der Waals surface area contributed by atoms with Gasteiger partial charge in [-0.2, -0.15) is 0 Å². The van der Waals surface area contributed by atoms with Crippen molar-refractivity contribution in [3.63, 3.8) is 0 Å². The van der Waals surface area contributed by atoms with Crippen LogP contribution in [0.15, 0.2) is 18.2 Å². The van der Waals surface area contributed by atoms with Crippen LogP contribution in [0.3, 0.4) is 0 Å². The molecule has 1 aromatic carbocycles. The van der Waals surface area contributed by atoms with Gasteiger partial charge in [-0.25, -0.2) is 0 Å². The van der Waals surface area contributed by atoms with Gasteiger partial charge in [0, 0.05) is 0 Å². The Morgan fingerprint density at radius 3 is 1.71 bits per heavy atom. The van der Waals surface area contributed by atoms with Crippen LogP contribution in [0.4, 0.5) is 0 Å². The van der Waals surface area contributed by atoms with Gasteiger partial charge in [0.05, 0.1) is 0 Å². The average molecular weight is 232 g/mol. The van der Waals surface area contributed by atoms with Gasteiger partial charge in [-0.3, -0.25) is 0 Å². The van der Waals surface area contributed by atoms with E-state index in [1.807, 2.05) is 0 Å². The second-order valence-electron chi connectivity index (χ2n) is 7.46. The van der Waals surface area contributed by atoms with Crippen LogP contribution in [-0.4, -0.2) is 0 Å². The first-order valence-corrected chi connectivity index (χ1v) is 6.68. The van der Waals surface area contributed by atoms with Crippen LogP contribution in [-0.2, 0) is 10.8 Å². The van der Waals surface area contributed by atoms with E-state index in [2.05, 4.69) is 73.6 Å². The minimum Gasteiger partial charge on any atom is -0.0587 e. The fourth-order valence-electron chi connectivity index (χ4n) is 2.19. The van der Waals surface area contributed by atoms with Crippen molar-refractivity contribution in [2.75, 3.05) is 0 Å². The molecule has 0 aromatic heterocycles. The average Bonchev–Trinajstić information content (AvgIpc) is 2.14. The Morgan fingerprint density at radius 2 is 1.35 bits per heavy atom. The van der Waals surface area contributed by atoms with Crippen LogP contribution >= 0.6 is 0 Å². The van der Waals surface area contributed by atoms with Gasteiger partial charge in [-0.1, -0.05) is 73.6 Å². The molecular weight excluding hydrogens is 204 g/mol. The summed E-state index contributed by atoms with van der Waals surface area (Å²) in [5.41, 5.74) is 4.90. The van der Waals surface area contributed by atoms with Crippen molar-refractivity contribution in [3.05, 3.63) is 34.9 Å². The Hall–Kier alpha value is -0.780. The van der Waals surface area contributed by atoms with E-state index in [0.717, 1.165) is 0 Å². The molecule has 0 saturated carbocycles. The molecule has 0 N–H and O–H groups in total. The summed E-state index contributed by atoms with van der Waals surface area (Å²) in [7, 11) is 0. The van der Waals surface area contributed by atoms with Crippen molar-refractivity contribution in [3.8, 4) is 0 Å². The second kappa shape index (κ2) is 4.48. The van der Waals surface area contributed by atoms with E-state index in [1.165, 1.54) is 16.7 Å². The third-order valence-electron chi connectivity index (χ3n) is 3.35. The fourth-order valence-corrected chi connectivity index (χ4v) is 2.19. The molecule has 0 saturated heterocycles. The Labute approximate surface area is 107 Å². The van der Waals surface area contributed by atoms with Crippen LogP contribution in [0.2, 0.25) is 0 Å². The predicted molar refractivity (Wildman–Crippen MR) is 77.9 cm³/mol. The van der Waals surface area contributed by atoms with Crippen LogP contribution in [0.1, 0.15) is 78.0 Å². The molecule has 96 valence electrons. The lowest BCUT2D eigenvalue weighted by atomic mass is 9.77. The van der Waals surface area contributed by atoms with E-state index in [-0.39, 0.29) is 10.8 Å².